The summed E-state index contributed by atoms with van der Waals surface area (Å²) in [5.41, 5.74) is 5.42. The molecule has 96 valence electrons. The van der Waals surface area contributed by atoms with Crippen LogP contribution in [0, 0.1) is 0 Å². The second kappa shape index (κ2) is 4.37. The van der Waals surface area contributed by atoms with Crippen LogP contribution in [-0.2, 0) is 0 Å². The fourth-order valence-corrected chi connectivity index (χ4v) is 3.39. The van der Waals surface area contributed by atoms with Crippen LogP contribution in [0.1, 0.15) is 10.4 Å². The fraction of sp³-hybridized carbons (Fsp3) is 0.333. The van der Waals surface area contributed by atoms with E-state index in [1.165, 1.54) is 16.8 Å². The summed E-state index contributed by atoms with van der Waals surface area (Å²) in [5, 5.41) is 1.40. The van der Waals surface area contributed by atoms with E-state index in [4.69, 9.17) is 11.7 Å². The molecule has 1 saturated heterocycles. The molecule has 1 aromatic heterocycles. The molecule has 0 radical (unpaired) electrons. The first-order chi connectivity index (χ1) is 8.76. The van der Waals surface area contributed by atoms with E-state index in [-0.39, 0.29) is 16.8 Å². The van der Waals surface area contributed by atoms with Crippen molar-refractivity contribution in [2.45, 2.75) is 10.9 Å². The molecule has 9 heteroatoms. The van der Waals surface area contributed by atoms with Gasteiger partial charge in [0.1, 0.15) is 5.82 Å². The minimum absolute atomic E-state index is 0.0200. The van der Waals surface area contributed by atoms with E-state index in [2.05, 4.69) is 15.9 Å². The van der Waals surface area contributed by atoms with Crippen molar-refractivity contribution in [3.8, 4) is 0 Å². The van der Waals surface area contributed by atoms with Gasteiger partial charge in [0.25, 0.3) is 5.91 Å². The van der Waals surface area contributed by atoms with Crippen LogP contribution in [0.15, 0.2) is 18.3 Å². The normalized spacial score (nSPS) is 26.2. The number of anilines is 1. The van der Waals surface area contributed by atoms with Gasteiger partial charge in [-0.05, 0) is 12.1 Å². The van der Waals surface area contributed by atoms with E-state index >= 15 is 0 Å². The second-order valence-electron chi connectivity index (χ2n) is 3.95. The molecule has 8 nitrogen and oxygen atoms in total. The number of hydrogen-bond acceptors (Lipinski definition) is 8. The highest BCUT2D eigenvalue weighted by Crippen LogP contribution is 2.39. The number of hydrazine groups is 3. The molecule has 0 bridgehead atoms. The number of pyridine rings is 1. The van der Waals surface area contributed by atoms with Crippen LogP contribution in [0.25, 0.3) is 0 Å². The number of amides is 1. The van der Waals surface area contributed by atoms with Crippen LogP contribution in [0.3, 0.4) is 0 Å². The predicted molar refractivity (Wildman–Crippen MR) is 67.6 cm³/mol. The maximum absolute atomic E-state index is 12.2. The topological polar surface area (TPSA) is 113 Å². The Labute approximate surface area is 108 Å². The smallest absolute Gasteiger partial charge is 0.275 e. The molecule has 2 unspecified atom stereocenters. The molecule has 2 aliphatic heterocycles. The van der Waals surface area contributed by atoms with Gasteiger partial charge in [-0.3, -0.25) is 16.5 Å². The Bertz CT molecular complexity index is 484. The van der Waals surface area contributed by atoms with Gasteiger partial charge in [-0.2, -0.15) is 5.53 Å². The van der Waals surface area contributed by atoms with Gasteiger partial charge in [-0.15, -0.1) is 0 Å². The number of rotatable bonds is 2. The Hall–Kier alpha value is -1.39. The first kappa shape index (κ1) is 11.7. The number of thioether (sulfide) groups is 1. The predicted octanol–water partition coefficient (Wildman–Crippen LogP) is -1.46. The summed E-state index contributed by atoms with van der Waals surface area (Å²) < 4.78 is 0. The summed E-state index contributed by atoms with van der Waals surface area (Å²) in [6, 6.07) is 3.47. The van der Waals surface area contributed by atoms with Crippen molar-refractivity contribution in [1.82, 2.24) is 21.0 Å². The number of nitrogens with two attached hydrogens (primary N) is 2. The summed E-state index contributed by atoms with van der Waals surface area (Å²) in [5.74, 6) is 11.4. The number of nitrogens with zero attached hydrogens (tertiary/aromatic N) is 3. The molecule has 1 fully saturated rings. The molecule has 2 atom stereocenters. The standard InChI is InChI=1S/C9H13N7OS/c10-13-6-4-15-7-5(2-1-3-12-7)8(17)16(14-11)9(15)18-6/h1-3,6,9,13-14H,4,10-11H2. The number of carbonyl (C=O) groups is 1. The van der Waals surface area contributed by atoms with Crippen LogP contribution >= 0.6 is 11.8 Å². The van der Waals surface area contributed by atoms with Gasteiger partial charge >= 0.3 is 0 Å². The van der Waals surface area contributed by atoms with Crippen molar-refractivity contribution in [3.63, 3.8) is 0 Å². The molecule has 1 amide bonds. The summed E-state index contributed by atoms with van der Waals surface area (Å²) in [6.45, 7) is 0.654. The van der Waals surface area contributed by atoms with Crippen molar-refractivity contribution in [1.29, 1.82) is 0 Å². The van der Waals surface area contributed by atoms with Crippen LogP contribution in [-0.4, -0.2) is 33.3 Å². The number of aromatic nitrogens is 1. The average molecular weight is 267 g/mol. The summed E-state index contributed by atoms with van der Waals surface area (Å²) in [6.07, 6.45) is 1.67. The van der Waals surface area contributed by atoms with Crippen LogP contribution < -0.4 is 27.5 Å². The maximum Gasteiger partial charge on any atom is 0.275 e. The molecule has 0 aromatic carbocycles. The van der Waals surface area contributed by atoms with Crippen LogP contribution in [0.2, 0.25) is 0 Å². The minimum Gasteiger partial charge on any atom is -0.323 e. The molecule has 3 heterocycles. The summed E-state index contributed by atoms with van der Waals surface area (Å²) >= 11 is 1.51. The first-order valence-electron chi connectivity index (χ1n) is 5.39. The van der Waals surface area contributed by atoms with Crippen molar-refractivity contribution in [3.05, 3.63) is 23.9 Å². The zero-order valence-corrected chi connectivity index (χ0v) is 10.2. The molecule has 0 saturated carbocycles. The molecular weight excluding hydrogens is 254 g/mol. The van der Waals surface area contributed by atoms with Gasteiger partial charge in [0.2, 0.25) is 0 Å². The van der Waals surface area contributed by atoms with Gasteiger partial charge in [0, 0.05) is 12.7 Å². The van der Waals surface area contributed by atoms with E-state index in [1.54, 1.807) is 18.3 Å². The third-order valence-electron chi connectivity index (χ3n) is 2.97. The fourth-order valence-electron chi connectivity index (χ4n) is 2.16. The number of nitrogens with one attached hydrogen (secondary N) is 2. The maximum atomic E-state index is 12.2. The molecule has 0 aliphatic carbocycles. The van der Waals surface area contributed by atoms with E-state index in [1.807, 2.05) is 4.90 Å². The Kier molecular flexibility index (Phi) is 2.84. The Morgan fingerprint density at radius 3 is 3.06 bits per heavy atom. The van der Waals surface area contributed by atoms with Crippen molar-refractivity contribution in [2.24, 2.45) is 11.7 Å². The largest absolute Gasteiger partial charge is 0.323 e. The lowest BCUT2D eigenvalue weighted by atomic mass is 10.2. The van der Waals surface area contributed by atoms with Crippen LogP contribution in [0.4, 0.5) is 5.82 Å². The zero-order valence-electron chi connectivity index (χ0n) is 9.41. The lowest BCUT2D eigenvalue weighted by Crippen LogP contribution is -2.59. The third-order valence-corrected chi connectivity index (χ3v) is 4.29. The number of carbonyl (C=O) groups excluding carboxylic acids is 1. The second-order valence-corrected chi connectivity index (χ2v) is 5.21. The highest BCUT2D eigenvalue weighted by molar-refractivity contribution is 8.00. The molecule has 0 spiro atoms. The van der Waals surface area contributed by atoms with Crippen LogP contribution in [0.5, 0.6) is 0 Å². The quantitative estimate of drug-likeness (QED) is 0.380. The first-order valence-corrected chi connectivity index (χ1v) is 6.33. The number of hydrogen-bond donors (Lipinski definition) is 4. The average Bonchev–Trinajstić information content (AvgIpc) is 2.84. The zero-order chi connectivity index (χ0) is 12.7. The lowest BCUT2D eigenvalue weighted by molar-refractivity contribution is 0.0614. The number of fused-ring (bicyclic) bond motifs is 3. The summed E-state index contributed by atoms with van der Waals surface area (Å²) in [4.78, 5) is 18.5. The third kappa shape index (κ3) is 1.56. The highest BCUT2D eigenvalue weighted by Gasteiger charge is 2.45. The van der Waals surface area contributed by atoms with Crippen molar-refractivity contribution >= 4 is 23.5 Å². The van der Waals surface area contributed by atoms with E-state index in [0.29, 0.717) is 17.9 Å². The Morgan fingerprint density at radius 1 is 1.50 bits per heavy atom. The molecule has 3 rings (SSSR count). The van der Waals surface area contributed by atoms with E-state index in [9.17, 15) is 4.79 Å². The van der Waals surface area contributed by atoms with Gasteiger partial charge in [0.05, 0.1) is 10.9 Å². The molecule has 1 aromatic rings. The Morgan fingerprint density at radius 2 is 2.33 bits per heavy atom. The monoisotopic (exact) mass is 267 g/mol. The molecular formula is C9H13N7OS. The molecule has 6 N–H and O–H groups in total. The van der Waals surface area contributed by atoms with Gasteiger partial charge in [0.15, 0.2) is 5.50 Å². The Balaban J connectivity index is 2.05. The van der Waals surface area contributed by atoms with Gasteiger partial charge in [-0.1, -0.05) is 11.8 Å². The minimum atomic E-state index is -0.244. The molecule has 2 aliphatic rings. The SMILES string of the molecule is NNC1CN2c3ncccc3C(=O)N(NN)C2S1. The van der Waals surface area contributed by atoms with E-state index in [0.717, 1.165) is 0 Å². The van der Waals surface area contributed by atoms with Crippen molar-refractivity contribution in [2.75, 3.05) is 11.4 Å². The van der Waals surface area contributed by atoms with E-state index < -0.39 is 0 Å². The highest BCUT2D eigenvalue weighted by atomic mass is 32.2. The summed E-state index contributed by atoms with van der Waals surface area (Å²) in [7, 11) is 0. The van der Waals surface area contributed by atoms with Crippen molar-refractivity contribution < 1.29 is 4.79 Å². The van der Waals surface area contributed by atoms with Gasteiger partial charge < -0.3 is 4.90 Å². The molecule has 18 heavy (non-hydrogen) atoms. The van der Waals surface area contributed by atoms with Gasteiger partial charge in [-0.25, -0.2) is 15.4 Å². The lowest BCUT2D eigenvalue weighted by Gasteiger charge is -2.38.